The lowest BCUT2D eigenvalue weighted by molar-refractivity contribution is 0.0696. The van der Waals surface area contributed by atoms with Gasteiger partial charge < -0.3 is 15.3 Å². The number of aryl methyl sites for hydroxylation is 2. The molecular weight excluding hydrogens is 402 g/mol. The van der Waals surface area contributed by atoms with E-state index in [0.29, 0.717) is 30.2 Å². The number of hydrogen-bond acceptors (Lipinski definition) is 4. The second kappa shape index (κ2) is 9.06. The number of nitrogens with zero attached hydrogens (tertiary/aromatic N) is 2. The van der Waals surface area contributed by atoms with Gasteiger partial charge >= 0.3 is 5.97 Å². The van der Waals surface area contributed by atoms with E-state index in [1.807, 2.05) is 36.1 Å². The van der Waals surface area contributed by atoms with Gasteiger partial charge in [0.15, 0.2) is 0 Å². The van der Waals surface area contributed by atoms with Crippen LogP contribution in [0.3, 0.4) is 0 Å². The fourth-order valence-electron chi connectivity index (χ4n) is 3.96. The van der Waals surface area contributed by atoms with E-state index in [2.05, 4.69) is 35.4 Å². The van der Waals surface area contributed by atoms with Crippen molar-refractivity contribution in [2.45, 2.75) is 20.3 Å². The molecule has 1 aliphatic heterocycles. The number of aromatic carboxylic acids is 1. The molecule has 1 amide bonds. The Labute approximate surface area is 187 Å². The Kier molecular flexibility index (Phi) is 6.03. The van der Waals surface area contributed by atoms with Gasteiger partial charge in [0.1, 0.15) is 11.4 Å². The average molecular weight is 428 g/mol. The first-order valence-electron chi connectivity index (χ1n) is 10.5. The summed E-state index contributed by atoms with van der Waals surface area (Å²) in [6.45, 7) is 5.25. The van der Waals surface area contributed by atoms with E-state index < -0.39 is 5.97 Å². The van der Waals surface area contributed by atoms with Crippen molar-refractivity contribution in [1.29, 1.82) is 0 Å². The van der Waals surface area contributed by atoms with Crippen LogP contribution in [0, 0.1) is 13.8 Å². The van der Waals surface area contributed by atoms with Crippen molar-refractivity contribution < 1.29 is 14.7 Å². The number of benzene rings is 2. The molecule has 2 heterocycles. The first-order valence-corrected chi connectivity index (χ1v) is 10.5. The van der Waals surface area contributed by atoms with Crippen molar-refractivity contribution in [2.24, 2.45) is 0 Å². The number of carbonyl (C=O) groups is 2. The number of carbonyl (C=O) groups excluding carboxylic acids is 1. The zero-order chi connectivity index (χ0) is 22.7. The van der Waals surface area contributed by atoms with Gasteiger partial charge in [-0.05, 0) is 55.2 Å². The van der Waals surface area contributed by atoms with E-state index >= 15 is 0 Å². The number of anilines is 2. The molecule has 0 radical (unpaired) electrons. The third kappa shape index (κ3) is 4.54. The van der Waals surface area contributed by atoms with Gasteiger partial charge in [-0.3, -0.25) is 4.79 Å². The summed E-state index contributed by atoms with van der Waals surface area (Å²) < 4.78 is 0. The van der Waals surface area contributed by atoms with E-state index in [0.717, 1.165) is 12.0 Å². The number of carboxylic acids is 1. The lowest BCUT2D eigenvalue weighted by Crippen LogP contribution is -2.30. The van der Waals surface area contributed by atoms with Crippen molar-refractivity contribution in [2.75, 3.05) is 23.3 Å². The van der Waals surface area contributed by atoms with E-state index in [-0.39, 0.29) is 11.5 Å². The standard InChI is InChI=1S/C26H25N3O3/c1-17-6-5-8-20(14-17)25(30)28-21-15-23(26(31)32)24(27-16-21)29-12-10-19(11-13-29)22-9-4-3-7-18(22)2/h3-10,14-16H,11-13H2,1-2H3,(H,28,30)(H,31,32). The van der Waals surface area contributed by atoms with Gasteiger partial charge in [-0.2, -0.15) is 0 Å². The maximum absolute atomic E-state index is 12.5. The predicted molar refractivity (Wildman–Crippen MR) is 126 cm³/mol. The molecule has 0 unspecified atom stereocenters. The Morgan fingerprint density at radius 2 is 1.88 bits per heavy atom. The molecule has 6 nitrogen and oxygen atoms in total. The van der Waals surface area contributed by atoms with Crippen molar-refractivity contribution in [1.82, 2.24) is 4.98 Å². The predicted octanol–water partition coefficient (Wildman–Crippen LogP) is 4.94. The molecule has 1 aliphatic rings. The van der Waals surface area contributed by atoms with Crippen molar-refractivity contribution in [3.8, 4) is 0 Å². The first-order chi connectivity index (χ1) is 15.4. The molecule has 0 fully saturated rings. The van der Waals surface area contributed by atoms with Crippen LogP contribution in [0.2, 0.25) is 0 Å². The molecule has 32 heavy (non-hydrogen) atoms. The topological polar surface area (TPSA) is 82.5 Å². The molecular formula is C26H25N3O3. The van der Waals surface area contributed by atoms with Crippen LogP contribution in [0.4, 0.5) is 11.5 Å². The Hall–Kier alpha value is -3.93. The largest absolute Gasteiger partial charge is 0.478 e. The van der Waals surface area contributed by atoms with E-state index in [1.165, 1.54) is 29.0 Å². The van der Waals surface area contributed by atoms with Gasteiger partial charge in [-0.25, -0.2) is 9.78 Å². The van der Waals surface area contributed by atoms with Crippen LogP contribution in [0.15, 0.2) is 66.9 Å². The smallest absolute Gasteiger partial charge is 0.339 e. The summed E-state index contributed by atoms with van der Waals surface area (Å²) in [5, 5.41) is 12.5. The second-order valence-electron chi connectivity index (χ2n) is 7.96. The summed E-state index contributed by atoms with van der Waals surface area (Å²) in [5.74, 6) is -0.970. The zero-order valence-corrected chi connectivity index (χ0v) is 18.1. The molecule has 0 atom stereocenters. The quantitative estimate of drug-likeness (QED) is 0.602. The summed E-state index contributed by atoms with van der Waals surface area (Å²) in [6.07, 6.45) is 4.44. The van der Waals surface area contributed by atoms with Crippen LogP contribution in [0.25, 0.3) is 5.57 Å². The maximum Gasteiger partial charge on any atom is 0.339 e. The average Bonchev–Trinajstić information content (AvgIpc) is 2.79. The van der Waals surface area contributed by atoms with Crippen molar-refractivity contribution in [3.63, 3.8) is 0 Å². The Balaban J connectivity index is 1.54. The number of nitrogens with one attached hydrogen (secondary N) is 1. The molecule has 0 saturated carbocycles. The SMILES string of the molecule is Cc1cccc(C(=O)Nc2cnc(N3CC=C(c4ccccc4C)CC3)c(C(=O)O)c2)c1. The molecule has 0 saturated heterocycles. The van der Waals surface area contributed by atoms with Crippen LogP contribution < -0.4 is 10.2 Å². The van der Waals surface area contributed by atoms with Crippen molar-refractivity contribution >= 4 is 29.0 Å². The first kappa shape index (κ1) is 21.3. The fraction of sp³-hybridized carbons (Fsp3) is 0.192. The van der Waals surface area contributed by atoms with E-state index in [1.54, 1.807) is 12.1 Å². The van der Waals surface area contributed by atoms with Gasteiger partial charge in [-0.15, -0.1) is 0 Å². The number of amides is 1. The van der Waals surface area contributed by atoms with Gasteiger partial charge in [0.2, 0.25) is 0 Å². The summed E-state index contributed by atoms with van der Waals surface area (Å²) in [5.41, 5.74) is 5.62. The summed E-state index contributed by atoms with van der Waals surface area (Å²) in [6, 6.07) is 16.9. The number of carboxylic acid groups (broad SMARTS) is 1. The van der Waals surface area contributed by atoms with Gasteiger partial charge in [-0.1, -0.05) is 48.0 Å². The maximum atomic E-state index is 12.5. The number of aromatic nitrogens is 1. The summed E-state index contributed by atoms with van der Waals surface area (Å²) >= 11 is 0. The second-order valence-corrected chi connectivity index (χ2v) is 7.96. The number of rotatable bonds is 5. The summed E-state index contributed by atoms with van der Waals surface area (Å²) in [7, 11) is 0. The van der Waals surface area contributed by atoms with Gasteiger partial charge in [0, 0.05) is 18.7 Å². The molecule has 2 aromatic carbocycles. The van der Waals surface area contributed by atoms with E-state index in [4.69, 9.17) is 0 Å². The molecule has 6 heteroatoms. The van der Waals surface area contributed by atoms with Crippen LogP contribution in [0.1, 0.15) is 43.8 Å². The molecule has 4 rings (SSSR count). The third-order valence-electron chi connectivity index (χ3n) is 5.63. The lowest BCUT2D eigenvalue weighted by Gasteiger charge is -2.29. The number of hydrogen-bond donors (Lipinski definition) is 2. The number of pyridine rings is 1. The highest BCUT2D eigenvalue weighted by Gasteiger charge is 2.22. The molecule has 3 aromatic rings. The van der Waals surface area contributed by atoms with E-state index in [9.17, 15) is 14.7 Å². The molecule has 1 aromatic heterocycles. The zero-order valence-electron chi connectivity index (χ0n) is 18.1. The van der Waals surface area contributed by atoms with Gasteiger partial charge in [0.25, 0.3) is 5.91 Å². The van der Waals surface area contributed by atoms with Crippen LogP contribution in [0.5, 0.6) is 0 Å². The minimum Gasteiger partial charge on any atom is -0.478 e. The fourth-order valence-corrected chi connectivity index (χ4v) is 3.96. The highest BCUT2D eigenvalue weighted by atomic mass is 16.4. The molecule has 0 aliphatic carbocycles. The van der Waals surface area contributed by atoms with Crippen LogP contribution in [-0.4, -0.2) is 35.1 Å². The van der Waals surface area contributed by atoms with Crippen LogP contribution >= 0.6 is 0 Å². The Morgan fingerprint density at radius 1 is 1.06 bits per heavy atom. The van der Waals surface area contributed by atoms with Crippen molar-refractivity contribution in [3.05, 3.63) is 94.7 Å². The molecule has 162 valence electrons. The lowest BCUT2D eigenvalue weighted by atomic mass is 9.95. The Morgan fingerprint density at radius 3 is 2.56 bits per heavy atom. The van der Waals surface area contributed by atoms with Crippen LogP contribution in [-0.2, 0) is 0 Å². The minimum absolute atomic E-state index is 0.0692. The molecule has 0 spiro atoms. The highest BCUT2D eigenvalue weighted by Crippen LogP contribution is 2.29. The summed E-state index contributed by atoms with van der Waals surface area (Å²) in [4.78, 5) is 30.8. The molecule has 0 bridgehead atoms. The Bertz CT molecular complexity index is 1220. The molecule has 2 N–H and O–H groups in total. The normalized spacial score (nSPS) is 13.4. The highest BCUT2D eigenvalue weighted by molar-refractivity contribution is 6.05. The monoisotopic (exact) mass is 427 g/mol. The van der Waals surface area contributed by atoms with Gasteiger partial charge in [0.05, 0.1) is 11.9 Å². The minimum atomic E-state index is -1.08. The third-order valence-corrected chi connectivity index (χ3v) is 5.63.